The van der Waals surface area contributed by atoms with E-state index in [0.717, 1.165) is 80.5 Å². The number of aryl methyl sites for hydroxylation is 1. The van der Waals surface area contributed by atoms with Crippen molar-refractivity contribution in [1.29, 1.82) is 0 Å². The fourth-order valence-electron chi connectivity index (χ4n) is 4.49. The minimum absolute atomic E-state index is 0.0245. The molecule has 0 heterocycles. The van der Waals surface area contributed by atoms with Crippen LogP contribution in [0.1, 0.15) is 47.9 Å². The first-order valence-corrected chi connectivity index (χ1v) is 13.2. The molecule has 7 heteroatoms. The van der Waals surface area contributed by atoms with Crippen LogP contribution in [0, 0.1) is 0 Å². The van der Waals surface area contributed by atoms with Crippen molar-refractivity contribution in [3.05, 3.63) is 76.9 Å². The maximum atomic E-state index is 10.4. The Morgan fingerprint density at radius 2 is 1.16 bits per heavy atom. The van der Waals surface area contributed by atoms with E-state index in [0.29, 0.717) is 19.3 Å². The summed E-state index contributed by atoms with van der Waals surface area (Å²) in [5.41, 5.74) is 3.52. The van der Waals surface area contributed by atoms with Crippen molar-refractivity contribution in [2.45, 2.75) is 51.4 Å². The molecule has 0 fully saturated rings. The molecular weight excluding hydrogens is 468 g/mol. The van der Waals surface area contributed by atoms with Gasteiger partial charge in [-0.25, -0.2) is 0 Å². The molecule has 0 saturated heterocycles. The maximum Gasteiger partial charge on any atom is 0.160 e. The molecule has 3 aromatic rings. The predicted molar refractivity (Wildman–Crippen MR) is 147 cm³/mol. The van der Waals surface area contributed by atoms with Crippen molar-refractivity contribution >= 4 is 0 Å². The van der Waals surface area contributed by atoms with E-state index in [1.54, 1.807) is 30.3 Å². The van der Waals surface area contributed by atoms with Gasteiger partial charge >= 0.3 is 0 Å². The SMILES string of the molecule is Oc1cccc(CCc2c(CCNCCCCCCNCCc3cccc(O)c3O)ccc(O)c2O)c1. The summed E-state index contributed by atoms with van der Waals surface area (Å²) in [6, 6.07) is 15.6. The van der Waals surface area contributed by atoms with Crippen molar-refractivity contribution in [2.24, 2.45) is 0 Å². The summed E-state index contributed by atoms with van der Waals surface area (Å²) in [6.45, 7) is 3.43. The molecule has 3 rings (SSSR count). The summed E-state index contributed by atoms with van der Waals surface area (Å²) in [6.07, 6.45) is 7.20. The van der Waals surface area contributed by atoms with Crippen molar-refractivity contribution in [3.63, 3.8) is 0 Å². The zero-order valence-electron chi connectivity index (χ0n) is 21.4. The average Bonchev–Trinajstić information content (AvgIpc) is 2.88. The summed E-state index contributed by atoms with van der Waals surface area (Å²) in [7, 11) is 0. The van der Waals surface area contributed by atoms with E-state index < -0.39 is 0 Å². The molecule has 37 heavy (non-hydrogen) atoms. The summed E-state index contributed by atoms with van der Waals surface area (Å²) < 4.78 is 0. The Labute approximate surface area is 219 Å². The second-order valence-corrected chi connectivity index (χ2v) is 9.44. The standard InChI is InChI=1S/C30H40N2O5/c33-25-9-5-7-22(21-25)11-13-26-23(12-14-28(35)30(26)37)15-19-31-17-3-1-2-4-18-32-20-16-24-8-6-10-27(34)29(24)36/h5-10,12,14,21,31-37H,1-4,11,13,15-20H2. The third-order valence-corrected chi connectivity index (χ3v) is 6.63. The number of phenolic OH excluding ortho intramolecular Hbond substituents is 5. The lowest BCUT2D eigenvalue weighted by atomic mass is 9.96. The lowest BCUT2D eigenvalue weighted by Gasteiger charge is -2.14. The molecule has 0 radical (unpaired) electrons. The number of hydrogen-bond donors (Lipinski definition) is 7. The molecule has 0 atom stereocenters. The van der Waals surface area contributed by atoms with Crippen LogP contribution in [-0.4, -0.2) is 51.7 Å². The van der Waals surface area contributed by atoms with Gasteiger partial charge in [-0.05, 0) is 106 Å². The van der Waals surface area contributed by atoms with Crippen molar-refractivity contribution in [1.82, 2.24) is 10.6 Å². The van der Waals surface area contributed by atoms with Crippen LogP contribution in [-0.2, 0) is 25.7 Å². The lowest BCUT2D eigenvalue weighted by molar-refractivity contribution is 0.398. The fourth-order valence-corrected chi connectivity index (χ4v) is 4.49. The van der Waals surface area contributed by atoms with Crippen LogP contribution in [0.5, 0.6) is 28.7 Å². The van der Waals surface area contributed by atoms with E-state index in [1.165, 1.54) is 6.07 Å². The van der Waals surface area contributed by atoms with Gasteiger partial charge in [-0.3, -0.25) is 0 Å². The first-order chi connectivity index (χ1) is 18.0. The van der Waals surface area contributed by atoms with E-state index in [4.69, 9.17) is 0 Å². The number of phenols is 5. The topological polar surface area (TPSA) is 125 Å². The van der Waals surface area contributed by atoms with E-state index in [-0.39, 0.29) is 28.7 Å². The fraction of sp³-hybridized carbons (Fsp3) is 0.400. The lowest BCUT2D eigenvalue weighted by Crippen LogP contribution is -2.20. The third kappa shape index (κ3) is 9.19. The van der Waals surface area contributed by atoms with Crippen LogP contribution < -0.4 is 10.6 Å². The molecule has 3 aromatic carbocycles. The smallest absolute Gasteiger partial charge is 0.160 e. The summed E-state index contributed by atoms with van der Waals surface area (Å²) in [5.74, 6) is -0.0229. The average molecular weight is 509 g/mol. The van der Waals surface area contributed by atoms with Gasteiger partial charge in [0.1, 0.15) is 5.75 Å². The Balaban J connectivity index is 1.27. The number of unbranched alkanes of at least 4 members (excludes halogenated alkanes) is 3. The molecule has 0 spiro atoms. The first-order valence-electron chi connectivity index (χ1n) is 13.2. The monoisotopic (exact) mass is 508 g/mol. The molecule has 0 aromatic heterocycles. The normalized spacial score (nSPS) is 11.1. The van der Waals surface area contributed by atoms with Crippen molar-refractivity contribution in [2.75, 3.05) is 26.2 Å². The molecular formula is C30H40N2O5. The molecule has 0 aliphatic rings. The van der Waals surface area contributed by atoms with Crippen LogP contribution in [0.2, 0.25) is 0 Å². The molecule has 7 nitrogen and oxygen atoms in total. The van der Waals surface area contributed by atoms with Crippen LogP contribution in [0.25, 0.3) is 0 Å². The Kier molecular flexibility index (Phi) is 11.4. The highest BCUT2D eigenvalue weighted by Gasteiger charge is 2.12. The van der Waals surface area contributed by atoms with Crippen LogP contribution in [0.15, 0.2) is 54.6 Å². The predicted octanol–water partition coefficient (Wildman–Crippen LogP) is 4.52. The van der Waals surface area contributed by atoms with E-state index >= 15 is 0 Å². The van der Waals surface area contributed by atoms with Crippen molar-refractivity contribution in [3.8, 4) is 28.7 Å². The molecule has 0 aliphatic carbocycles. The highest BCUT2D eigenvalue weighted by molar-refractivity contribution is 5.49. The molecule has 0 unspecified atom stereocenters. The molecule has 0 bridgehead atoms. The minimum atomic E-state index is -0.102. The molecule has 7 N–H and O–H groups in total. The molecule has 200 valence electrons. The molecule has 0 saturated carbocycles. The largest absolute Gasteiger partial charge is 0.508 e. The van der Waals surface area contributed by atoms with Gasteiger partial charge in [-0.15, -0.1) is 0 Å². The van der Waals surface area contributed by atoms with E-state index in [9.17, 15) is 25.5 Å². The summed E-state index contributed by atoms with van der Waals surface area (Å²) in [5, 5.41) is 56.3. The van der Waals surface area contributed by atoms with Crippen LogP contribution in [0.4, 0.5) is 0 Å². The van der Waals surface area contributed by atoms with Gasteiger partial charge in [0.2, 0.25) is 0 Å². The van der Waals surface area contributed by atoms with Gasteiger partial charge in [-0.1, -0.05) is 43.2 Å². The number of aromatic hydroxyl groups is 5. The molecule has 0 amide bonds. The van der Waals surface area contributed by atoms with Gasteiger partial charge in [0.15, 0.2) is 23.0 Å². The van der Waals surface area contributed by atoms with Crippen LogP contribution in [0.3, 0.4) is 0 Å². The summed E-state index contributed by atoms with van der Waals surface area (Å²) in [4.78, 5) is 0. The number of hydrogen-bond acceptors (Lipinski definition) is 7. The Hall–Kier alpha value is -3.42. The Morgan fingerprint density at radius 3 is 1.86 bits per heavy atom. The zero-order valence-corrected chi connectivity index (χ0v) is 21.4. The van der Waals surface area contributed by atoms with Gasteiger partial charge in [-0.2, -0.15) is 0 Å². The van der Waals surface area contributed by atoms with Gasteiger partial charge in [0, 0.05) is 5.56 Å². The van der Waals surface area contributed by atoms with Gasteiger partial charge < -0.3 is 36.2 Å². The van der Waals surface area contributed by atoms with E-state index in [2.05, 4.69) is 10.6 Å². The first kappa shape index (κ1) is 28.2. The second kappa shape index (κ2) is 15.0. The quantitative estimate of drug-likeness (QED) is 0.112. The second-order valence-electron chi connectivity index (χ2n) is 9.44. The van der Waals surface area contributed by atoms with Crippen LogP contribution >= 0.6 is 0 Å². The number of rotatable bonds is 16. The number of nitrogens with one attached hydrogen (secondary N) is 2. The van der Waals surface area contributed by atoms with Gasteiger partial charge in [0.05, 0.1) is 0 Å². The van der Waals surface area contributed by atoms with Gasteiger partial charge in [0.25, 0.3) is 0 Å². The highest BCUT2D eigenvalue weighted by Crippen LogP contribution is 2.33. The minimum Gasteiger partial charge on any atom is -0.508 e. The van der Waals surface area contributed by atoms with E-state index in [1.807, 2.05) is 18.2 Å². The zero-order chi connectivity index (χ0) is 26.5. The number of benzene rings is 3. The Morgan fingerprint density at radius 1 is 0.514 bits per heavy atom. The highest BCUT2D eigenvalue weighted by atomic mass is 16.3. The Bertz CT molecular complexity index is 1120. The van der Waals surface area contributed by atoms with Crippen molar-refractivity contribution < 1.29 is 25.5 Å². The number of para-hydroxylation sites is 1. The molecule has 0 aliphatic heterocycles. The third-order valence-electron chi connectivity index (χ3n) is 6.63. The summed E-state index contributed by atoms with van der Waals surface area (Å²) >= 11 is 0. The maximum absolute atomic E-state index is 10.4.